The first kappa shape index (κ1) is 36.3. The van der Waals surface area contributed by atoms with Gasteiger partial charge in [0, 0.05) is 76.1 Å². The Morgan fingerprint density at radius 3 is 2.48 bits per heavy atom. The first-order valence-electron chi connectivity index (χ1n) is 17.7. The van der Waals surface area contributed by atoms with Gasteiger partial charge in [-0.25, -0.2) is 13.8 Å². The van der Waals surface area contributed by atoms with Crippen LogP contribution in [-0.4, -0.2) is 55.6 Å². The van der Waals surface area contributed by atoms with Crippen LogP contribution in [0.3, 0.4) is 0 Å². The number of benzene rings is 3. The second-order valence-electron chi connectivity index (χ2n) is 14.0. The van der Waals surface area contributed by atoms with Crippen LogP contribution in [0.4, 0.5) is 31.7 Å². The van der Waals surface area contributed by atoms with E-state index in [0.717, 1.165) is 56.0 Å². The molecule has 0 saturated carbocycles. The summed E-state index contributed by atoms with van der Waals surface area (Å²) >= 11 is 3.08. The van der Waals surface area contributed by atoms with Gasteiger partial charge in [0.05, 0.1) is 16.9 Å². The Morgan fingerprint density at radius 1 is 0.963 bits per heavy atom. The van der Waals surface area contributed by atoms with Crippen LogP contribution < -0.4 is 20.4 Å². The molecule has 9 nitrogen and oxygen atoms in total. The van der Waals surface area contributed by atoms with Gasteiger partial charge >= 0.3 is 0 Å². The number of aryl methyl sites for hydroxylation is 1. The molecule has 13 heteroatoms. The number of alkyl halides is 1. The number of para-hydroxylation sites is 2. The standard InChI is InChI=1S/C41H36F2IN5O4S/c1-24-19-30(37(45-21-24)48-22-41(23-48)14-17-53-18-15-41)38(50)46-27-11-9-25(10-12-27)40(52)49-16-13-29-33(43)36(54-35(29)28-6-2-3-8-32(28)49)39(51)47-34-26(20-44)5-4-7-31(34)42/h2-12,19,21H,13-18,20,22-23H2,1H3,(H,46,50)(H,47,51). The van der Waals surface area contributed by atoms with Crippen LogP contribution in [0.5, 0.6) is 0 Å². The average Bonchev–Trinajstić information content (AvgIpc) is 3.41. The van der Waals surface area contributed by atoms with E-state index in [4.69, 9.17) is 4.74 Å². The summed E-state index contributed by atoms with van der Waals surface area (Å²) in [5, 5.41) is 5.57. The third-order valence-electron chi connectivity index (χ3n) is 10.4. The molecule has 0 bridgehead atoms. The molecule has 0 unspecified atom stereocenters. The normalized spacial score (nSPS) is 15.9. The number of hydrogen-bond donors (Lipinski definition) is 2. The van der Waals surface area contributed by atoms with E-state index in [1.54, 1.807) is 65.7 Å². The topological polar surface area (TPSA) is 104 Å². The highest BCUT2D eigenvalue weighted by Crippen LogP contribution is 2.45. The van der Waals surface area contributed by atoms with Gasteiger partial charge in [0.1, 0.15) is 16.5 Å². The van der Waals surface area contributed by atoms with Crippen LogP contribution in [-0.2, 0) is 15.6 Å². The summed E-state index contributed by atoms with van der Waals surface area (Å²) in [7, 11) is 0. The molecular weight excluding hydrogens is 823 g/mol. The zero-order chi connectivity index (χ0) is 37.6. The van der Waals surface area contributed by atoms with Gasteiger partial charge in [-0.15, -0.1) is 11.3 Å². The molecule has 2 aromatic heterocycles. The fourth-order valence-electron chi connectivity index (χ4n) is 7.54. The molecule has 0 aliphatic carbocycles. The Hall–Kier alpha value is -4.73. The van der Waals surface area contributed by atoms with Gasteiger partial charge in [-0.2, -0.15) is 0 Å². The van der Waals surface area contributed by atoms with Crippen LogP contribution in [0.1, 0.15) is 59.9 Å². The molecule has 8 rings (SSSR count). The van der Waals surface area contributed by atoms with E-state index < -0.39 is 17.5 Å². The molecule has 0 atom stereocenters. The number of carbonyl (C=O) groups is 3. The number of hydrogen-bond acceptors (Lipinski definition) is 7. The molecule has 5 heterocycles. The summed E-state index contributed by atoms with van der Waals surface area (Å²) in [6.07, 6.45) is 3.96. The van der Waals surface area contributed by atoms with Gasteiger partial charge in [-0.1, -0.05) is 52.9 Å². The first-order valence-corrected chi connectivity index (χ1v) is 20.1. The highest BCUT2D eigenvalue weighted by Gasteiger charge is 2.45. The zero-order valence-electron chi connectivity index (χ0n) is 29.4. The molecule has 2 fully saturated rings. The molecule has 3 aromatic carbocycles. The summed E-state index contributed by atoms with van der Waals surface area (Å²) in [5.74, 6) is -1.89. The molecule has 1 spiro atoms. The van der Waals surface area contributed by atoms with E-state index in [0.29, 0.717) is 54.3 Å². The van der Waals surface area contributed by atoms with E-state index in [-0.39, 0.29) is 40.8 Å². The minimum absolute atomic E-state index is 0.0369. The molecule has 3 aliphatic rings. The molecular formula is C41H36F2IN5O4S. The number of halogens is 3. The van der Waals surface area contributed by atoms with Crippen molar-refractivity contribution in [2.45, 2.75) is 30.6 Å². The van der Waals surface area contributed by atoms with Crippen molar-refractivity contribution in [3.8, 4) is 10.4 Å². The maximum absolute atomic E-state index is 16.1. The van der Waals surface area contributed by atoms with Crippen molar-refractivity contribution in [1.29, 1.82) is 0 Å². The number of carbonyl (C=O) groups excluding carboxylic acids is 3. The molecule has 5 aromatic rings. The van der Waals surface area contributed by atoms with Gasteiger partial charge in [0.25, 0.3) is 17.7 Å². The molecule has 3 aliphatic heterocycles. The number of pyridine rings is 1. The Labute approximate surface area is 328 Å². The van der Waals surface area contributed by atoms with Crippen molar-refractivity contribution < 1.29 is 27.9 Å². The lowest BCUT2D eigenvalue weighted by Gasteiger charge is -2.53. The third kappa shape index (κ3) is 6.77. The maximum Gasteiger partial charge on any atom is 0.268 e. The van der Waals surface area contributed by atoms with Crippen LogP contribution >= 0.6 is 33.9 Å². The van der Waals surface area contributed by atoms with Crippen molar-refractivity contribution in [2.75, 3.05) is 53.3 Å². The quantitative estimate of drug-likeness (QED) is 0.126. The Kier molecular flexibility index (Phi) is 9.96. The number of fused-ring (bicyclic) bond motifs is 3. The van der Waals surface area contributed by atoms with E-state index >= 15 is 4.39 Å². The first-order chi connectivity index (χ1) is 26.1. The van der Waals surface area contributed by atoms with Crippen molar-refractivity contribution in [3.63, 3.8) is 0 Å². The lowest BCUT2D eigenvalue weighted by atomic mass is 9.73. The van der Waals surface area contributed by atoms with Gasteiger partial charge in [0.2, 0.25) is 0 Å². The van der Waals surface area contributed by atoms with Crippen LogP contribution in [0, 0.1) is 24.0 Å². The van der Waals surface area contributed by atoms with Crippen LogP contribution in [0.2, 0.25) is 0 Å². The monoisotopic (exact) mass is 859 g/mol. The van der Waals surface area contributed by atoms with E-state index in [2.05, 4.69) is 43.1 Å². The minimum Gasteiger partial charge on any atom is -0.381 e. The number of thiophene rings is 1. The number of amides is 3. The number of rotatable bonds is 7. The van der Waals surface area contributed by atoms with Crippen molar-refractivity contribution >= 4 is 74.5 Å². The van der Waals surface area contributed by atoms with Crippen molar-refractivity contribution in [1.82, 2.24) is 4.98 Å². The summed E-state index contributed by atoms with van der Waals surface area (Å²) in [5.41, 5.74) is 4.69. The van der Waals surface area contributed by atoms with Crippen LogP contribution in [0.15, 0.2) is 79.0 Å². The van der Waals surface area contributed by atoms with Gasteiger partial charge in [0.15, 0.2) is 5.82 Å². The second-order valence-corrected chi connectivity index (χ2v) is 15.8. The number of aromatic nitrogens is 1. The smallest absolute Gasteiger partial charge is 0.268 e. The largest absolute Gasteiger partial charge is 0.381 e. The average molecular weight is 860 g/mol. The summed E-state index contributed by atoms with van der Waals surface area (Å²) in [6.45, 7) is 5.28. The predicted molar refractivity (Wildman–Crippen MR) is 215 cm³/mol. The summed E-state index contributed by atoms with van der Waals surface area (Å²) in [6, 6.07) is 20.3. The highest BCUT2D eigenvalue weighted by molar-refractivity contribution is 14.1. The third-order valence-corrected chi connectivity index (χ3v) is 12.5. The van der Waals surface area contributed by atoms with Gasteiger partial charge in [-0.05, 0) is 79.8 Å². The van der Waals surface area contributed by atoms with Gasteiger partial charge in [-0.3, -0.25) is 14.4 Å². The molecule has 2 saturated heterocycles. The predicted octanol–water partition coefficient (Wildman–Crippen LogP) is 8.66. The van der Waals surface area contributed by atoms with Crippen molar-refractivity contribution in [2.24, 2.45) is 5.41 Å². The SMILES string of the molecule is Cc1cnc(N2CC3(CCOCC3)C2)c(C(=O)Nc2ccc(C(=O)N3CCc4c(sc(C(=O)Nc5c(F)cccc5CI)c4F)-c4ccccc43)cc2)c1. The second kappa shape index (κ2) is 14.8. The van der Waals surface area contributed by atoms with E-state index in [9.17, 15) is 18.8 Å². The van der Waals surface area contributed by atoms with Gasteiger partial charge < -0.3 is 25.2 Å². The number of ether oxygens (including phenoxy) is 1. The maximum atomic E-state index is 16.1. The number of nitrogens with zero attached hydrogens (tertiary/aromatic N) is 3. The summed E-state index contributed by atoms with van der Waals surface area (Å²) in [4.78, 5) is 49.8. The Morgan fingerprint density at radius 2 is 1.72 bits per heavy atom. The molecule has 54 heavy (non-hydrogen) atoms. The molecule has 0 radical (unpaired) electrons. The minimum atomic E-state index is -0.724. The highest BCUT2D eigenvalue weighted by atomic mass is 127. The molecule has 276 valence electrons. The lowest BCUT2D eigenvalue weighted by Crippen LogP contribution is -2.59. The molecule has 2 N–H and O–H groups in total. The zero-order valence-corrected chi connectivity index (χ0v) is 32.4. The number of nitrogens with one attached hydrogen (secondary N) is 2. The van der Waals surface area contributed by atoms with Crippen LogP contribution in [0.25, 0.3) is 10.4 Å². The van der Waals surface area contributed by atoms with Crippen molar-refractivity contribution in [3.05, 3.63) is 123 Å². The van der Waals surface area contributed by atoms with E-state index in [1.807, 2.05) is 19.1 Å². The fraction of sp³-hybridized carbons (Fsp3) is 0.268. The Bertz CT molecular complexity index is 2280. The Balaban J connectivity index is 0.991. The number of anilines is 4. The fourth-order valence-corrected chi connectivity index (χ4v) is 9.34. The lowest BCUT2D eigenvalue weighted by molar-refractivity contribution is -0.000511. The van der Waals surface area contributed by atoms with E-state index in [1.165, 1.54) is 6.07 Å². The molecule has 3 amide bonds. The summed E-state index contributed by atoms with van der Waals surface area (Å²) < 4.78 is 36.7.